The summed E-state index contributed by atoms with van der Waals surface area (Å²) in [5, 5.41) is 10.1. The molecule has 0 amide bonds. The molecule has 1 heterocycles. The Labute approximate surface area is 135 Å². The maximum Gasteiger partial charge on any atom is 0.222 e. The van der Waals surface area contributed by atoms with Gasteiger partial charge in [-0.05, 0) is 24.5 Å². The smallest absolute Gasteiger partial charge is 0.222 e. The highest BCUT2D eigenvalue weighted by molar-refractivity contribution is 5.64. The third-order valence-electron chi connectivity index (χ3n) is 3.48. The van der Waals surface area contributed by atoms with Crippen LogP contribution in [0.5, 0.6) is 17.2 Å². The van der Waals surface area contributed by atoms with E-state index in [1.165, 1.54) is 33.8 Å². The molecular weight excluding hydrogens is 298 g/mol. The van der Waals surface area contributed by atoms with Crippen LogP contribution in [0.25, 0.3) is 0 Å². The van der Waals surface area contributed by atoms with Gasteiger partial charge in [-0.15, -0.1) is 6.42 Å². The summed E-state index contributed by atoms with van der Waals surface area (Å²) >= 11 is 0. The van der Waals surface area contributed by atoms with Gasteiger partial charge in [-0.1, -0.05) is 5.92 Å². The van der Waals surface area contributed by atoms with E-state index in [9.17, 15) is 5.11 Å². The lowest BCUT2D eigenvalue weighted by Crippen LogP contribution is -2.04. The number of methoxy groups -OCH3 is 3. The van der Waals surface area contributed by atoms with E-state index < -0.39 is 6.10 Å². The fourth-order valence-electron chi connectivity index (χ4n) is 2.38. The molecule has 0 aliphatic heterocycles. The number of aryl methyl sites for hydroxylation is 1. The van der Waals surface area contributed by atoms with Crippen LogP contribution in [0, 0.1) is 12.3 Å². The Morgan fingerprint density at radius 1 is 1.26 bits per heavy atom. The number of hydrogen-bond acceptors (Lipinski definition) is 6. The SMILES string of the molecule is C#Cc1c(CCC(O)c2ncco2)cc(OC)c(OC)c1OC. The molecule has 122 valence electrons. The molecule has 0 aliphatic rings. The standard InChI is InChI=1S/C17H19NO5/c1-5-12-11(6-7-13(19)17-18-8-9-23-17)10-14(20-2)16(22-4)15(12)21-3/h1,8-10,13,19H,6-7H2,2-4H3. The fourth-order valence-corrected chi connectivity index (χ4v) is 2.38. The maximum atomic E-state index is 10.1. The van der Waals surface area contributed by atoms with Crippen LogP contribution >= 0.6 is 0 Å². The van der Waals surface area contributed by atoms with Crippen LogP contribution in [0.15, 0.2) is 22.9 Å². The second kappa shape index (κ2) is 7.56. The Bertz CT molecular complexity index is 688. The molecule has 0 saturated heterocycles. The van der Waals surface area contributed by atoms with Crippen molar-refractivity contribution in [2.45, 2.75) is 18.9 Å². The van der Waals surface area contributed by atoms with Crippen molar-refractivity contribution in [2.24, 2.45) is 0 Å². The summed E-state index contributed by atoms with van der Waals surface area (Å²) in [4.78, 5) is 3.94. The predicted octanol–water partition coefficient (Wildman–Crippen LogP) is 2.35. The molecule has 1 atom stereocenters. The van der Waals surface area contributed by atoms with E-state index in [0.29, 0.717) is 35.7 Å². The third-order valence-corrected chi connectivity index (χ3v) is 3.48. The summed E-state index contributed by atoms with van der Waals surface area (Å²) in [5.41, 5.74) is 1.39. The van der Waals surface area contributed by atoms with Crippen LogP contribution in [0.4, 0.5) is 0 Å². The molecule has 1 unspecified atom stereocenters. The second-order valence-corrected chi connectivity index (χ2v) is 4.75. The first-order chi connectivity index (χ1) is 11.2. The second-order valence-electron chi connectivity index (χ2n) is 4.75. The number of terminal acetylenes is 1. The highest BCUT2D eigenvalue weighted by atomic mass is 16.5. The lowest BCUT2D eigenvalue weighted by atomic mass is 9.99. The first-order valence-electron chi connectivity index (χ1n) is 7.02. The predicted molar refractivity (Wildman–Crippen MR) is 83.8 cm³/mol. The first kappa shape index (κ1) is 16.7. The fraction of sp³-hybridized carbons (Fsp3) is 0.353. The minimum absolute atomic E-state index is 0.277. The quantitative estimate of drug-likeness (QED) is 0.790. The van der Waals surface area contributed by atoms with Crippen LogP contribution < -0.4 is 14.2 Å². The Morgan fingerprint density at radius 2 is 2.00 bits per heavy atom. The molecule has 0 spiro atoms. The Morgan fingerprint density at radius 3 is 2.52 bits per heavy atom. The molecule has 0 bridgehead atoms. The highest BCUT2D eigenvalue weighted by Crippen LogP contribution is 2.42. The first-order valence-corrected chi connectivity index (χ1v) is 7.02. The summed E-state index contributed by atoms with van der Waals surface area (Å²) in [6.45, 7) is 0. The molecule has 2 aromatic rings. The number of ether oxygens (including phenoxy) is 3. The van der Waals surface area contributed by atoms with Crippen LogP contribution in [0.3, 0.4) is 0 Å². The molecule has 0 saturated carbocycles. The monoisotopic (exact) mass is 317 g/mol. The van der Waals surface area contributed by atoms with Gasteiger partial charge in [0.25, 0.3) is 0 Å². The molecule has 6 heteroatoms. The Kier molecular flexibility index (Phi) is 5.50. The van der Waals surface area contributed by atoms with Crippen molar-refractivity contribution in [3.63, 3.8) is 0 Å². The summed E-state index contributed by atoms with van der Waals surface area (Å²) in [6, 6.07) is 1.79. The van der Waals surface area contributed by atoms with Crippen molar-refractivity contribution in [1.29, 1.82) is 0 Å². The lowest BCUT2D eigenvalue weighted by molar-refractivity contribution is 0.134. The molecule has 0 radical (unpaired) electrons. The normalized spacial score (nSPS) is 11.6. The van der Waals surface area contributed by atoms with E-state index in [4.69, 9.17) is 25.1 Å². The van der Waals surface area contributed by atoms with Crippen LogP contribution in [-0.2, 0) is 6.42 Å². The summed E-state index contributed by atoms with van der Waals surface area (Å²) < 4.78 is 21.1. The largest absolute Gasteiger partial charge is 0.493 e. The van der Waals surface area contributed by atoms with E-state index in [-0.39, 0.29) is 5.89 Å². The van der Waals surface area contributed by atoms with Gasteiger partial charge in [-0.25, -0.2) is 4.98 Å². The van der Waals surface area contributed by atoms with Gasteiger partial charge in [0.2, 0.25) is 11.6 Å². The van der Waals surface area contributed by atoms with Crippen molar-refractivity contribution in [1.82, 2.24) is 4.98 Å². The van der Waals surface area contributed by atoms with Crippen molar-refractivity contribution < 1.29 is 23.7 Å². The van der Waals surface area contributed by atoms with Crippen LogP contribution in [0.2, 0.25) is 0 Å². The molecule has 1 aromatic carbocycles. The molecule has 0 aliphatic carbocycles. The molecule has 6 nitrogen and oxygen atoms in total. The number of oxazole rings is 1. The zero-order valence-corrected chi connectivity index (χ0v) is 13.3. The molecule has 1 N–H and O–H groups in total. The number of nitrogens with zero attached hydrogens (tertiary/aromatic N) is 1. The average molecular weight is 317 g/mol. The van der Waals surface area contributed by atoms with Crippen molar-refractivity contribution in [3.05, 3.63) is 35.5 Å². The van der Waals surface area contributed by atoms with Crippen molar-refractivity contribution in [2.75, 3.05) is 21.3 Å². The molecule has 0 fully saturated rings. The van der Waals surface area contributed by atoms with E-state index in [1.807, 2.05) is 0 Å². The van der Waals surface area contributed by atoms with Gasteiger partial charge in [0.05, 0.1) is 33.1 Å². The molecular formula is C17H19NO5. The number of hydrogen-bond donors (Lipinski definition) is 1. The number of benzene rings is 1. The van der Waals surface area contributed by atoms with Gasteiger partial charge in [0, 0.05) is 0 Å². The van der Waals surface area contributed by atoms with E-state index >= 15 is 0 Å². The van der Waals surface area contributed by atoms with Crippen molar-refractivity contribution >= 4 is 0 Å². The zero-order chi connectivity index (χ0) is 16.8. The Balaban J connectivity index is 2.32. The number of aliphatic hydroxyl groups excluding tert-OH is 1. The van der Waals surface area contributed by atoms with Gasteiger partial charge < -0.3 is 23.7 Å². The number of aliphatic hydroxyl groups is 1. The number of aromatic nitrogens is 1. The Hall–Kier alpha value is -2.65. The van der Waals surface area contributed by atoms with E-state index in [1.54, 1.807) is 6.07 Å². The molecule has 2 rings (SSSR count). The maximum absolute atomic E-state index is 10.1. The van der Waals surface area contributed by atoms with E-state index in [0.717, 1.165) is 5.56 Å². The van der Waals surface area contributed by atoms with Gasteiger partial charge >= 0.3 is 0 Å². The third kappa shape index (κ3) is 3.41. The highest BCUT2D eigenvalue weighted by Gasteiger charge is 2.21. The molecule has 23 heavy (non-hydrogen) atoms. The summed E-state index contributed by atoms with van der Waals surface area (Å²) in [6.07, 6.45) is 8.62. The van der Waals surface area contributed by atoms with Gasteiger partial charge in [-0.3, -0.25) is 0 Å². The van der Waals surface area contributed by atoms with Crippen LogP contribution in [-0.4, -0.2) is 31.4 Å². The summed E-state index contributed by atoms with van der Waals surface area (Å²) in [7, 11) is 4.58. The number of rotatable bonds is 7. The van der Waals surface area contributed by atoms with Crippen LogP contribution in [0.1, 0.15) is 29.5 Å². The van der Waals surface area contributed by atoms with Gasteiger partial charge in [0.1, 0.15) is 12.4 Å². The topological polar surface area (TPSA) is 74.0 Å². The summed E-state index contributed by atoms with van der Waals surface area (Å²) in [5.74, 6) is 4.30. The van der Waals surface area contributed by atoms with Gasteiger partial charge in [0.15, 0.2) is 11.5 Å². The van der Waals surface area contributed by atoms with Gasteiger partial charge in [-0.2, -0.15) is 0 Å². The van der Waals surface area contributed by atoms with Crippen molar-refractivity contribution in [3.8, 4) is 29.6 Å². The minimum Gasteiger partial charge on any atom is -0.493 e. The molecule has 1 aromatic heterocycles. The van der Waals surface area contributed by atoms with E-state index in [2.05, 4.69) is 10.9 Å². The zero-order valence-electron chi connectivity index (χ0n) is 13.3. The lowest BCUT2D eigenvalue weighted by Gasteiger charge is -2.17. The average Bonchev–Trinajstić information content (AvgIpc) is 3.12. The minimum atomic E-state index is -0.810.